The van der Waals surface area contributed by atoms with Gasteiger partial charge in [-0.15, -0.1) is 20.4 Å². The molecule has 0 bridgehead atoms. The molecule has 0 unspecified atom stereocenters. The highest BCUT2D eigenvalue weighted by atomic mass is 16.4. The van der Waals surface area contributed by atoms with Gasteiger partial charge in [0, 0.05) is 60.6 Å². The first-order chi connectivity index (χ1) is 62.4. The van der Waals surface area contributed by atoms with E-state index >= 15 is 0 Å². The van der Waals surface area contributed by atoms with Gasteiger partial charge >= 0.3 is 0 Å². The van der Waals surface area contributed by atoms with Crippen LogP contribution in [-0.4, -0.2) is 29.5 Å². The lowest BCUT2D eigenvalue weighted by Crippen LogP contribution is -2.25. The van der Waals surface area contributed by atoms with E-state index in [2.05, 4.69) is 409 Å². The van der Waals surface area contributed by atoms with Crippen molar-refractivity contribution in [2.75, 3.05) is 0 Å². The second-order valence-corrected chi connectivity index (χ2v) is 40.6. The molecule has 16 aromatic carbocycles. The Hall–Kier alpha value is -13.6. The molecular weight excluding hydrogens is 1570 g/mol. The highest BCUT2D eigenvalue weighted by Crippen LogP contribution is 2.58. The van der Waals surface area contributed by atoms with E-state index in [-0.39, 0.29) is 27.1 Å². The van der Waals surface area contributed by atoms with Crippen LogP contribution in [0.15, 0.2) is 312 Å². The molecule has 0 radical (unpaired) electrons. The molecule has 0 saturated carbocycles. The first kappa shape index (κ1) is 82.4. The monoisotopic (exact) mass is 1680 g/mol. The molecule has 0 amide bonds. The maximum atomic E-state index is 6.80. The number of unbranched alkanes of at least 4 members (excludes halogenated alkanes) is 6. The average Bonchev–Trinajstić information content (AvgIpc) is 1.44. The van der Waals surface area contributed by atoms with Crippen LogP contribution in [0, 0.1) is 0 Å². The Morgan fingerprint density at radius 2 is 0.504 bits per heavy atom. The maximum absolute atomic E-state index is 6.80. The Kier molecular flexibility index (Phi) is 20.5. The summed E-state index contributed by atoms with van der Waals surface area (Å²) in [6, 6.07) is 114. The van der Waals surface area contributed by atoms with E-state index in [1.54, 1.807) is 0 Å². The van der Waals surface area contributed by atoms with Gasteiger partial charge in [-0.3, -0.25) is 0 Å². The largest absolute Gasteiger partial charge is 0.416 e. The molecule has 0 saturated heterocycles. The van der Waals surface area contributed by atoms with Crippen molar-refractivity contribution in [3.05, 3.63) is 337 Å². The fraction of sp³-hybridized carbons (Fsp3) is 0.240. The summed E-state index contributed by atoms with van der Waals surface area (Å²) in [6.45, 7) is 32.2. The van der Waals surface area contributed by atoms with Crippen LogP contribution < -0.4 is 0 Å². The molecule has 0 N–H and O–H groups in total. The number of nitrogens with zero attached hydrogens (tertiary/aromatic N) is 6. The second kappa shape index (κ2) is 32.0. The van der Waals surface area contributed by atoms with Crippen LogP contribution in [-0.2, 0) is 27.1 Å². The summed E-state index contributed by atoms with van der Waals surface area (Å²) in [4.78, 5) is 0. The fourth-order valence-corrected chi connectivity index (χ4v) is 21.2. The van der Waals surface area contributed by atoms with Gasteiger partial charge in [-0.05, 0) is 288 Å². The van der Waals surface area contributed by atoms with Gasteiger partial charge in [0.2, 0.25) is 23.6 Å². The smallest absolute Gasteiger partial charge is 0.248 e. The molecule has 0 fully saturated rings. The Morgan fingerprint density at radius 1 is 0.240 bits per heavy atom. The van der Waals surface area contributed by atoms with Gasteiger partial charge in [0.25, 0.3) is 0 Å². The number of hydrogen-bond donors (Lipinski definition) is 0. The minimum Gasteiger partial charge on any atom is -0.416 e. The zero-order chi connectivity index (χ0) is 88.6. The van der Waals surface area contributed by atoms with Crippen LogP contribution >= 0.6 is 0 Å². The second-order valence-electron chi connectivity index (χ2n) is 40.6. The van der Waals surface area contributed by atoms with E-state index in [0.717, 1.165) is 92.5 Å². The van der Waals surface area contributed by atoms with E-state index in [1.165, 1.54) is 181 Å². The third-order valence-corrected chi connectivity index (χ3v) is 28.1. The lowest BCUT2D eigenvalue weighted by atomic mass is 9.69. The van der Waals surface area contributed by atoms with E-state index in [0.29, 0.717) is 23.6 Å². The number of fused-ring (bicyclic) bond motifs is 13. The lowest BCUT2D eigenvalue weighted by Gasteiger charge is -2.34. The minimum atomic E-state index is -0.245. The Morgan fingerprint density at radius 3 is 0.783 bits per heavy atom. The highest BCUT2D eigenvalue weighted by molar-refractivity contribution is 6.24. The maximum Gasteiger partial charge on any atom is 0.248 e. The zero-order valence-electron chi connectivity index (χ0n) is 76.9. The number of aromatic nitrogens is 6. The molecule has 0 spiro atoms. The fourth-order valence-electron chi connectivity index (χ4n) is 21.2. The van der Waals surface area contributed by atoms with Crippen molar-refractivity contribution >= 4 is 86.7 Å². The molecule has 21 rings (SSSR count). The van der Waals surface area contributed by atoms with Crippen molar-refractivity contribution in [1.82, 2.24) is 29.5 Å². The van der Waals surface area contributed by atoms with Crippen molar-refractivity contribution in [2.24, 2.45) is 0 Å². The van der Waals surface area contributed by atoms with Gasteiger partial charge in [0.1, 0.15) is 0 Å². The van der Waals surface area contributed by atoms with Gasteiger partial charge in [-0.1, -0.05) is 330 Å². The summed E-state index contributed by atoms with van der Waals surface area (Å²) in [5, 5.41) is 33.8. The Balaban J connectivity index is 0.629. The van der Waals surface area contributed by atoms with Crippen LogP contribution in [0.3, 0.4) is 0 Å². The van der Waals surface area contributed by atoms with Crippen molar-refractivity contribution < 1.29 is 8.83 Å². The number of hydrogen-bond acceptors (Lipinski definition) is 6. The molecule has 129 heavy (non-hydrogen) atoms. The van der Waals surface area contributed by atoms with Gasteiger partial charge in [-0.25, -0.2) is 0 Å². The van der Waals surface area contributed by atoms with Crippen LogP contribution in [0.2, 0.25) is 0 Å². The predicted molar refractivity (Wildman–Crippen MR) is 543 cm³/mol. The molecule has 1 aliphatic carbocycles. The quantitative estimate of drug-likeness (QED) is 0.0558. The topological polar surface area (TPSA) is 87.7 Å². The highest BCUT2D eigenvalue weighted by Gasteiger charge is 2.43. The molecule has 8 heteroatoms. The summed E-state index contributed by atoms with van der Waals surface area (Å²) in [5.74, 6) is 1.88. The molecule has 1 aliphatic rings. The summed E-state index contributed by atoms with van der Waals surface area (Å²) in [7, 11) is 0. The van der Waals surface area contributed by atoms with Crippen molar-refractivity contribution in [1.29, 1.82) is 0 Å². The van der Waals surface area contributed by atoms with E-state index in [9.17, 15) is 0 Å². The molecule has 638 valence electrons. The van der Waals surface area contributed by atoms with E-state index in [1.807, 2.05) is 0 Å². The van der Waals surface area contributed by atoms with Gasteiger partial charge in [-0.2, -0.15) is 0 Å². The van der Waals surface area contributed by atoms with E-state index < -0.39 is 0 Å². The van der Waals surface area contributed by atoms with Crippen LogP contribution in [0.1, 0.15) is 195 Å². The standard InChI is InChI=1S/C121H112N6O2/c1-15-17-19-29-63-121(64-30-20-18-16-2)103-69-77(111-95-47-25-21-43-91(95)109(92-44-22-26-48-96(92)111)75-35-31-37-79(65-75)113-122-124-115(128-113)81-39-33-41-87(67-81)126-105-59-53-83(117(3,4)5)71-99(105)100-72-84(118(6,7)8)54-60-106(100)126)51-57-89(103)90-58-52-78(70-104(90)121)112-97-49-27-23-45-93(97)110(94-46-24-28-50-98(94)112)76-36-32-38-80(66-76)114-123-125-116(129-114)82-40-34-42-88(68-82)127-107-61-55-85(119(9,10)11)73-101(107)102-74-86(120(12,13)14)56-62-108(102)127/h21-28,31-62,65-74H,15-20,29-30,63-64H2,1-14H3. The van der Waals surface area contributed by atoms with Crippen molar-refractivity contribution in [2.45, 2.75) is 188 Å². The third-order valence-electron chi connectivity index (χ3n) is 28.1. The molecule has 0 aliphatic heterocycles. The molecule has 4 aromatic heterocycles. The normalized spacial score (nSPS) is 13.1. The molecular formula is C121H112N6O2. The lowest BCUT2D eigenvalue weighted by molar-refractivity contribution is 0.401. The van der Waals surface area contributed by atoms with Gasteiger partial charge < -0.3 is 18.0 Å². The van der Waals surface area contributed by atoms with Crippen molar-refractivity contribution in [3.63, 3.8) is 0 Å². The van der Waals surface area contributed by atoms with Gasteiger partial charge in [0.15, 0.2) is 0 Å². The van der Waals surface area contributed by atoms with Crippen LogP contribution in [0.4, 0.5) is 0 Å². The summed E-state index contributed by atoms with van der Waals surface area (Å²) in [5.41, 5.74) is 30.3. The van der Waals surface area contributed by atoms with Gasteiger partial charge in [0.05, 0.1) is 22.1 Å². The first-order valence-corrected chi connectivity index (χ1v) is 46.8. The molecule has 4 heterocycles. The summed E-state index contributed by atoms with van der Waals surface area (Å²) >= 11 is 0. The summed E-state index contributed by atoms with van der Waals surface area (Å²) < 4.78 is 18.4. The molecule has 20 aromatic rings. The molecule has 8 nitrogen and oxygen atoms in total. The summed E-state index contributed by atoms with van der Waals surface area (Å²) in [6.07, 6.45) is 11.6. The van der Waals surface area contributed by atoms with Crippen LogP contribution in [0.5, 0.6) is 0 Å². The first-order valence-electron chi connectivity index (χ1n) is 46.8. The average molecular weight is 1680 g/mol. The third kappa shape index (κ3) is 14.4. The SMILES string of the molecule is CCCCCCC1(CCCCCC)c2cc(-c3c4ccccc4c(-c4cccc(-c5nnc(-c6cccc(-n7c8ccc(C(C)(C)C)cc8c8cc(C(C)(C)C)ccc87)c6)o5)c4)c4ccccc34)ccc2-c2ccc(-c3c4ccccc4c(-c4cccc(-c5nnc(-c6cccc(-n7c8ccc(C(C)(C)C)cc8c8cc(C(C)(C)C)ccc87)c6)o5)c4)c4ccccc34)cc21. The van der Waals surface area contributed by atoms with Crippen molar-refractivity contribution in [3.8, 4) is 113 Å². The van der Waals surface area contributed by atoms with E-state index in [4.69, 9.17) is 29.2 Å². The minimum absolute atomic E-state index is 0.00186. The Labute approximate surface area is 757 Å². The predicted octanol–water partition coefficient (Wildman–Crippen LogP) is 34.0. The van der Waals surface area contributed by atoms with Crippen LogP contribution in [0.25, 0.3) is 200 Å². The molecule has 0 atom stereocenters. The number of rotatable bonds is 20. The number of benzene rings is 16. The Bertz CT molecular complexity index is 7120. The zero-order valence-corrected chi connectivity index (χ0v) is 76.9.